The minimum Gasteiger partial charge on any atom is -0.480 e. The molecule has 5 nitrogen and oxygen atoms in total. The minimum atomic E-state index is -0.157. The van der Waals surface area contributed by atoms with Gasteiger partial charge in [0.2, 0.25) is 11.8 Å². The number of ketones is 1. The standard InChI is InChI=1S/C14H13BrN2O3/c1-19-12-8-16-13(14(17-12)20-2)11(18)7-9-4-3-5-10(15)6-9/h3-6,8H,7H2,1-2H3. The van der Waals surface area contributed by atoms with E-state index in [2.05, 4.69) is 25.9 Å². The number of aromatic nitrogens is 2. The molecule has 1 aromatic heterocycles. The van der Waals surface area contributed by atoms with Crippen molar-refractivity contribution < 1.29 is 14.3 Å². The number of hydrogen-bond donors (Lipinski definition) is 0. The highest BCUT2D eigenvalue weighted by Gasteiger charge is 2.17. The SMILES string of the molecule is COc1cnc(C(=O)Cc2cccc(Br)c2)c(OC)n1. The molecule has 0 fully saturated rings. The van der Waals surface area contributed by atoms with Crippen LogP contribution in [0.1, 0.15) is 16.1 Å². The summed E-state index contributed by atoms with van der Waals surface area (Å²) in [6.07, 6.45) is 1.63. The quantitative estimate of drug-likeness (QED) is 0.785. The van der Waals surface area contributed by atoms with Crippen molar-refractivity contribution in [1.82, 2.24) is 9.97 Å². The highest BCUT2D eigenvalue weighted by Crippen LogP contribution is 2.19. The van der Waals surface area contributed by atoms with Gasteiger partial charge in [-0.05, 0) is 17.7 Å². The summed E-state index contributed by atoms with van der Waals surface area (Å²) in [5.41, 5.74) is 1.09. The predicted octanol–water partition coefficient (Wildman–Crippen LogP) is 2.68. The summed E-state index contributed by atoms with van der Waals surface area (Å²) in [6.45, 7) is 0. The van der Waals surface area contributed by atoms with Gasteiger partial charge < -0.3 is 9.47 Å². The lowest BCUT2D eigenvalue weighted by molar-refractivity contribution is 0.0984. The molecule has 0 bridgehead atoms. The van der Waals surface area contributed by atoms with Gasteiger partial charge in [0.05, 0.1) is 20.4 Å². The number of rotatable bonds is 5. The van der Waals surface area contributed by atoms with E-state index in [1.54, 1.807) is 0 Å². The van der Waals surface area contributed by atoms with Crippen LogP contribution in [0.4, 0.5) is 0 Å². The Bertz CT molecular complexity index is 632. The van der Waals surface area contributed by atoms with Crippen LogP contribution in [0.3, 0.4) is 0 Å². The molecule has 2 aromatic rings. The van der Waals surface area contributed by atoms with E-state index < -0.39 is 0 Å². The largest absolute Gasteiger partial charge is 0.480 e. The van der Waals surface area contributed by atoms with Gasteiger partial charge in [0.15, 0.2) is 11.5 Å². The molecule has 0 unspecified atom stereocenters. The maximum Gasteiger partial charge on any atom is 0.246 e. The molecule has 0 aliphatic carbocycles. The maximum absolute atomic E-state index is 12.3. The van der Waals surface area contributed by atoms with Gasteiger partial charge in [-0.2, -0.15) is 4.98 Å². The Hall–Kier alpha value is -1.95. The number of halogens is 1. The highest BCUT2D eigenvalue weighted by molar-refractivity contribution is 9.10. The van der Waals surface area contributed by atoms with Crippen LogP contribution >= 0.6 is 15.9 Å². The average molecular weight is 337 g/mol. The molecule has 0 saturated heterocycles. The van der Waals surface area contributed by atoms with Crippen molar-refractivity contribution in [3.8, 4) is 11.8 Å². The third kappa shape index (κ3) is 3.33. The number of methoxy groups -OCH3 is 2. The van der Waals surface area contributed by atoms with Gasteiger partial charge in [-0.25, -0.2) is 4.98 Å². The van der Waals surface area contributed by atoms with Crippen LogP contribution in [0.2, 0.25) is 0 Å². The van der Waals surface area contributed by atoms with Gasteiger partial charge in [-0.3, -0.25) is 4.79 Å². The third-order valence-corrected chi connectivity index (χ3v) is 3.13. The summed E-state index contributed by atoms with van der Waals surface area (Å²) in [6, 6.07) is 7.55. The van der Waals surface area contributed by atoms with E-state index in [-0.39, 0.29) is 23.8 Å². The molecular weight excluding hydrogens is 324 g/mol. The second kappa shape index (κ2) is 6.47. The van der Waals surface area contributed by atoms with Gasteiger partial charge in [-0.15, -0.1) is 0 Å². The molecule has 0 aliphatic heterocycles. The third-order valence-electron chi connectivity index (χ3n) is 2.64. The number of nitrogens with zero attached hydrogens (tertiary/aromatic N) is 2. The summed E-state index contributed by atoms with van der Waals surface area (Å²) in [5.74, 6) is 0.320. The average Bonchev–Trinajstić information content (AvgIpc) is 2.46. The molecule has 0 atom stereocenters. The van der Waals surface area contributed by atoms with Crippen molar-refractivity contribution in [2.75, 3.05) is 14.2 Å². The summed E-state index contributed by atoms with van der Waals surface area (Å²) in [7, 11) is 2.92. The van der Waals surface area contributed by atoms with Gasteiger partial charge in [-0.1, -0.05) is 28.1 Å². The molecule has 0 N–H and O–H groups in total. The minimum absolute atomic E-state index is 0.157. The first-order chi connectivity index (χ1) is 9.63. The van der Waals surface area contributed by atoms with Crippen LogP contribution in [-0.4, -0.2) is 30.0 Å². The van der Waals surface area contributed by atoms with Gasteiger partial charge in [0.1, 0.15) is 0 Å². The molecule has 1 heterocycles. The van der Waals surface area contributed by atoms with E-state index in [0.29, 0.717) is 5.88 Å². The fourth-order valence-corrected chi connectivity index (χ4v) is 2.15. The predicted molar refractivity (Wildman–Crippen MR) is 77.3 cm³/mol. The van der Waals surface area contributed by atoms with Crippen molar-refractivity contribution in [2.45, 2.75) is 6.42 Å². The number of hydrogen-bond acceptors (Lipinski definition) is 5. The van der Waals surface area contributed by atoms with Crippen LogP contribution in [0, 0.1) is 0 Å². The first-order valence-electron chi connectivity index (χ1n) is 5.86. The van der Waals surface area contributed by atoms with E-state index in [0.717, 1.165) is 10.0 Å². The summed E-state index contributed by atoms with van der Waals surface area (Å²) in [5, 5.41) is 0. The summed E-state index contributed by atoms with van der Waals surface area (Å²) >= 11 is 3.37. The molecule has 0 aliphatic rings. The lowest BCUT2D eigenvalue weighted by Crippen LogP contribution is -2.10. The zero-order valence-electron chi connectivity index (χ0n) is 11.1. The molecule has 104 valence electrons. The molecule has 2 rings (SSSR count). The smallest absolute Gasteiger partial charge is 0.246 e. The molecule has 6 heteroatoms. The lowest BCUT2D eigenvalue weighted by Gasteiger charge is -2.07. The van der Waals surface area contributed by atoms with Gasteiger partial charge >= 0.3 is 0 Å². The Kier molecular flexibility index (Phi) is 4.68. The molecular formula is C14H13BrN2O3. The monoisotopic (exact) mass is 336 g/mol. The van der Waals surface area contributed by atoms with E-state index in [9.17, 15) is 4.79 Å². The number of ether oxygens (including phenoxy) is 2. The van der Waals surface area contributed by atoms with E-state index in [4.69, 9.17) is 9.47 Å². The Balaban J connectivity index is 2.25. The number of Topliss-reactive ketones (excluding diaryl/α,β-unsaturated/α-hetero) is 1. The van der Waals surface area contributed by atoms with Gasteiger partial charge in [0.25, 0.3) is 0 Å². The zero-order valence-corrected chi connectivity index (χ0v) is 12.7. The Morgan fingerprint density at radius 3 is 2.75 bits per heavy atom. The molecule has 0 radical (unpaired) electrons. The maximum atomic E-state index is 12.3. The second-order valence-electron chi connectivity index (χ2n) is 4.00. The lowest BCUT2D eigenvalue weighted by atomic mass is 10.1. The van der Waals surface area contributed by atoms with Crippen molar-refractivity contribution >= 4 is 21.7 Å². The first-order valence-corrected chi connectivity index (χ1v) is 6.66. The van der Waals surface area contributed by atoms with E-state index in [1.165, 1.54) is 20.4 Å². The summed E-state index contributed by atoms with van der Waals surface area (Å²) in [4.78, 5) is 20.4. The Labute approximate surface area is 125 Å². The summed E-state index contributed by atoms with van der Waals surface area (Å²) < 4.78 is 11.0. The molecule has 1 aromatic carbocycles. The van der Waals surface area contributed by atoms with Crippen LogP contribution in [-0.2, 0) is 6.42 Å². The molecule has 0 saturated carbocycles. The van der Waals surface area contributed by atoms with Crippen LogP contribution in [0.25, 0.3) is 0 Å². The van der Waals surface area contributed by atoms with Crippen LogP contribution in [0.15, 0.2) is 34.9 Å². The zero-order chi connectivity index (χ0) is 14.5. The van der Waals surface area contributed by atoms with E-state index in [1.807, 2.05) is 24.3 Å². The van der Waals surface area contributed by atoms with Crippen molar-refractivity contribution in [3.63, 3.8) is 0 Å². The number of benzene rings is 1. The van der Waals surface area contributed by atoms with Gasteiger partial charge in [0, 0.05) is 10.9 Å². The number of carbonyl (C=O) groups is 1. The van der Waals surface area contributed by atoms with E-state index >= 15 is 0 Å². The van der Waals surface area contributed by atoms with Crippen molar-refractivity contribution in [1.29, 1.82) is 0 Å². The van der Waals surface area contributed by atoms with Crippen LogP contribution < -0.4 is 9.47 Å². The first kappa shape index (κ1) is 14.5. The highest BCUT2D eigenvalue weighted by atomic mass is 79.9. The number of carbonyl (C=O) groups excluding carboxylic acids is 1. The topological polar surface area (TPSA) is 61.3 Å². The van der Waals surface area contributed by atoms with Crippen molar-refractivity contribution in [2.24, 2.45) is 0 Å². The fourth-order valence-electron chi connectivity index (χ4n) is 1.70. The van der Waals surface area contributed by atoms with Crippen molar-refractivity contribution in [3.05, 3.63) is 46.2 Å². The second-order valence-corrected chi connectivity index (χ2v) is 4.92. The van der Waals surface area contributed by atoms with Crippen LogP contribution in [0.5, 0.6) is 11.8 Å². The Morgan fingerprint density at radius 2 is 2.10 bits per heavy atom. The fraction of sp³-hybridized carbons (Fsp3) is 0.214. The molecule has 0 amide bonds. The normalized spacial score (nSPS) is 10.2. The molecule has 0 spiro atoms. The Morgan fingerprint density at radius 1 is 1.30 bits per heavy atom. The molecule has 20 heavy (non-hydrogen) atoms.